The number of hydrogen-bond donors (Lipinski definition) is 0. The van der Waals surface area contributed by atoms with Crippen LogP contribution in [0.3, 0.4) is 0 Å². The number of aromatic nitrogens is 5. The van der Waals surface area contributed by atoms with Gasteiger partial charge >= 0.3 is 0 Å². The third-order valence-corrected chi connectivity index (χ3v) is 6.67. The fraction of sp³-hybridized carbons (Fsp3) is 0.238. The second-order valence-electron chi connectivity index (χ2n) is 6.60. The van der Waals surface area contributed by atoms with Gasteiger partial charge in [0.1, 0.15) is 15.8 Å². The summed E-state index contributed by atoms with van der Waals surface area (Å²) in [5.74, 6) is 1.51. The number of para-hydroxylation sites is 1. The molecule has 0 aliphatic rings. The van der Waals surface area contributed by atoms with E-state index in [4.69, 9.17) is 4.74 Å². The average molecular weight is 424 g/mol. The molecule has 0 bridgehead atoms. The van der Waals surface area contributed by atoms with E-state index < -0.39 is 0 Å². The Balaban J connectivity index is 1.81. The van der Waals surface area contributed by atoms with E-state index in [0.29, 0.717) is 0 Å². The standard InChI is InChI=1S/C21H21N5OS2/c1-13-9-11-16(12-10-13)26-19(17-7-5-6-8-18(17)27-4)23-25-21(26)28-14(2)20-24-22-15(3)29-20/h5-12,14H,1-4H3/t14-/m1/s1. The minimum Gasteiger partial charge on any atom is -0.496 e. The second kappa shape index (κ2) is 8.34. The van der Waals surface area contributed by atoms with E-state index in [-0.39, 0.29) is 5.25 Å². The van der Waals surface area contributed by atoms with Crippen molar-refractivity contribution in [3.63, 3.8) is 0 Å². The second-order valence-corrected chi connectivity index (χ2v) is 9.12. The average Bonchev–Trinajstić information content (AvgIpc) is 3.35. The highest BCUT2D eigenvalue weighted by molar-refractivity contribution is 7.99. The van der Waals surface area contributed by atoms with Gasteiger partial charge in [0, 0.05) is 5.69 Å². The van der Waals surface area contributed by atoms with Crippen molar-refractivity contribution in [1.29, 1.82) is 0 Å². The molecule has 4 rings (SSSR count). The molecule has 0 saturated heterocycles. The number of thioether (sulfide) groups is 1. The first-order chi connectivity index (χ1) is 14.1. The lowest BCUT2D eigenvalue weighted by atomic mass is 10.1. The Bertz CT molecular complexity index is 1120. The maximum Gasteiger partial charge on any atom is 0.196 e. The van der Waals surface area contributed by atoms with Crippen LogP contribution in [0.15, 0.2) is 53.7 Å². The number of ether oxygens (including phenoxy) is 1. The highest BCUT2D eigenvalue weighted by atomic mass is 32.2. The molecule has 1 atom stereocenters. The van der Waals surface area contributed by atoms with E-state index in [2.05, 4.69) is 63.1 Å². The summed E-state index contributed by atoms with van der Waals surface area (Å²) in [5, 5.41) is 20.3. The lowest BCUT2D eigenvalue weighted by Crippen LogP contribution is -2.02. The van der Waals surface area contributed by atoms with Crippen molar-refractivity contribution in [3.05, 3.63) is 64.1 Å². The largest absolute Gasteiger partial charge is 0.496 e. The van der Waals surface area contributed by atoms with Gasteiger partial charge in [-0.05, 0) is 45.0 Å². The number of methoxy groups -OCH3 is 1. The lowest BCUT2D eigenvalue weighted by molar-refractivity contribution is 0.416. The first kappa shape index (κ1) is 19.6. The zero-order chi connectivity index (χ0) is 20.4. The van der Waals surface area contributed by atoms with Crippen LogP contribution < -0.4 is 4.74 Å². The van der Waals surface area contributed by atoms with Crippen LogP contribution in [0.5, 0.6) is 5.75 Å². The maximum atomic E-state index is 5.57. The molecular formula is C21H21N5OS2. The molecule has 2 heterocycles. The molecule has 0 N–H and O–H groups in total. The topological polar surface area (TPSA) is 65.7 Å². The molecule has 0 amide bonds. The molecule has 2 aromatic heterocycles. The maximum absolute atomic E-state index is 5.57. The predicted octanol–water partition coefficient (Wildman–Crippen LogP) is 5.26. The molecule has 148 valence electrons. The summed E-state index contributed by atoms with van der Waals surface area (Å²) < 4.78 is 7.64. The molecule has 0 aliphatic carbocycles. The van der Waals surface area contributed by atoms with Gasteiger partial charge in [-0.15, -0.1) is 31.7 Å². The summed E-state index contributed by atoms with van der Waals surface area (Å²) in [4.78, 5) is 0. The zero-order valence-corrected chi connectivity index (χ0v) is 18.3. The Labute approximate surface area is 178 Å². The van der Waals surface area contributed by atoms with Crippen LogP contribution >= 0.6 is 23.1 Å². The summed E-state index contributed by atoms with van der Waals surface area (Å²) in [6.45, 7) is 6.15. The van der Waals surface area contributed by atoms with E-state index >= 15 is 0 Å². The van der Waals surface area contributed by atoms with Crippen LogP contribution in [-0.2, 0) is 0 Å². The quantitative estimate of drug-likeness (QED) is 0.394. The molecule has 0 spiro atoms. The number of hydrogen-bond acceptors (Lipinski definition) is 7. The Hall–Kier alpha value is -2.71. The van der Waals surface area contributed by atoms with Crippen LogP contribution in [0.1, 0.15) is 27.8 Å². The lowest BCUT2D eigenvalue weighted by Gasteiger charge is -2.14. The van der Waals surface area contributed by atoms with E-state index in [1.54, 1.807) is 30.2 Å². The van der Waals surface area contributed by atoms with Crippen LogP contribution in [0.4, 0.5) is 0 Å². The van der Waals surface area contributed by atoms with Crippen molar-refractivity contribution in [2.75, 3.05) is 7.11 Å². The first-order valence-corrected chi connectivity index (χ1v) is 10.9. The van der Waals surface area contributed by atoms with Crippen molar-refractivity contribution in [3.8, 4) is 22.8 Å². The van der Waals surface area contributed by atoms with E-state index in [1.165, 1.54) is 5.56 Å². The molecule has 8 heteroatoms. The molecule has 29 heavy (non-hydrogen) atoms. The van der Waals surface area contributed by atoms with Gasteiger partial charge in [-0.1, -0.05) is 41.6 Å². The van der Waals surface area contributed by atoms with E-state index in [1.807, 2.05) is 31.2 Å². The van der Waals surface area contributed by atoms with Gasteiger partial charge in [0.05, 0.1) is 17.9 Å². The fourth-order valence-corrected chi connectivity index (χ4v) is 4.73. The molecule has 4 aromatic rings. The molecule has 0 aliphatic heterocycles. The monoisotopic (exact) mass is 423 g/mol. The van der Waals surface area contributed by atoms with Crippen molar-refractivity contribution in [2.24, 2.45) is 0 Å². The summed E-state index contributed by atoms with van der Waals surface area (Å²) in [6, 6.07) is 16.2. The number of benzene rings is 2. The Morgan fingerprint density at radius 3 is 2.41 bits per heavy atom. The summed E-state index contributed by atoms with van der Waals surface area (Å²) in [7, 11) is 1.67. The van der Waals surface area contributed by atoms with Crippen molar-refractivity contribution >= 4 is 23.1 Å². The number of aryl methyl sites for hydroxylation is 2. The van der Waals surface area contributed by atoms with Gasteiger partial charge in [0.25, 0.3) is 0 Å². The number of rotatable bonds is 6. The summed E-state index contributed by atoms with van der Waals surface area (Å²) >= 11 is 3.23. The van der Waals surface area contributed by atoms with E-state index in [0.717, 1.165) is 38.0 Å². The normalized spacial score (nSPS) is 12.1. The highest BCUT2D eigenvalue weighted by Gasteiger charge is 2.22. The van der Waals surface area contributed by atoms with Gasteiger partial charge in [-0.2, -0.15) is 0 Å². The van der Waals surface area contributed by atoms with Crippen molar-refractivity contribution in [1.82, 2.24) is 25.0 Å². The van der Waals surface area contributed by atoms with Crippen LogP contribution in [0.25, 0.3) is 17.1 Å². The summed E-state index contributed by atoms with van der Waals surface area (Å²) in [5.41, 5.74) is 3.10. The Kier molecular flexibility index (Phi) is 5.64. The number of nitrogens with zero attached hydrogens (tertiary/aromatic N) is 5. The predicted molar refractivity (Wildman–Crippen MR) is 117 cm³/mol. The molecule has 0 saturated carbocycles. The molecule has 6 nitrogen and oxygen atoms in total. The van der Waals surface area contributed by atoms with Gasteiger partial charge in [0.2, 0.25) is 0 Å². The molecular weight excluding hydrogens is 402 g/mol. The zero-order valence-electron chi connectivity index (χ0n) is 16.7. The van der Waals surface area contributed by atoms with Crippen LogP contribution in [0.2, 0.25) is 0 Å². The molecule has 0 fully saturated rings. The van der Waals surface area contributed by atoms with Crippen LogP contribution in [-0.4, -0.2) is 32.1 Å². The van der Waals surface area contributed by atoms with Gasteiger partial charge < -0.3 is 4.74 Å². The molecule has 2 aromatic carbocycles. The van der Waals surface area contributed by atoms with Crippen molar-refractivity contribution < 1.29 is 4.74 Å². The summed E-state index contributed by atoms with van der Waals surface area (Å²) in [6.07, 6.45) is 0. The van der Waals surface area contributed by atoms with Gasteiger partial charge in [-0.25, -0.2) is 0 Å². The highest BCUT2D eigenvalue weighted by Crippen LogP contribution is 2.39. The molecule has 0 radical (unpaired) electrons. The Morgan fingerprint density at radius 1 is 0.966 bits per heavy atom. The SMILES string of the molecule is COc1ccccc1-c1nnc(S[C@H](C)c2nnc(C)s2)n1-c1ccc(C)cc1. The van der Waals surface area contributed by atoms with Crippen LogP contribution in [0, 0.1) is 13.8 Å². The fourth-order valence-electron chi connectivity index (χ4n) is 2.96. The third kappa shape index (κ3) is 4.04. The van der Waals surface area contributed by atoms with Gasteiger partial charge in [0.15, 0.2) is 11.0 Å². The smallest absolute Gasteiger partial charge is 0.196 e. The van der Waals surface area contributed by atoms with E-state index in [9.17, 15) is 0 Å². The first-order valence-electron chi connectivity index (χ1n) is 9.19. The minimum atomic E-state index is 0.111. The van der Waals surface area contributed by atoms with Gasteiger partial charge in [-0.3, -0.25) is 4.57 Å². The minimum absolute atomic E-state index is 0.111. The molecule has 0 unspecified atom stereocenters. The van der Waals surface area contributed by atoms with Crippen molar-refractivity contribution in [2.45, 2.75) is 31.2 Å². The Morgan fingerprint density at radius 2 is 1.72 bits per heavy atom. The third-order valence-electron chi connectivity index (χ3n) is 4.45.